The van der Waals surface area contributed by atoms with Crippen molar-refractivity contribution < 1.29 is 21.9 Å². The SMILES string of the molecule is CN=C(NCCS(=O)(=O)c1ccccc1F)N(C)CCOc1ccc(F)cc1.I. The first kappa shape index (κ1) is 25.1. The quantitative estimate of drug-likeness (QED) is 0.318. The lowest BCUT2D eigenvalue weighted by Gasteiger charge is -2.22. The molecule has 0 aliphatic rings. The molecule has 0 aliphatic carbocycles. The summed E-state index contributed by atoms with van der Waals surface area (Å²) < 4.78 is 56.6. The molecule has 2 aromatic carbocycles. The minimum absolute atomic E-state index is 0. The van der Waals surface area contributed by atoms with E-state index in [1.807, 2.05) is 0 Å². The molecule has 0 bridgehead atoms. The van der Waals surface area contributed by atoms with Gasteiger partial charge >= 0.3 is 0 Å². The summed E-state index contributed by atoms with van der Waals surface area (Å²) in [6.45, 7) is 0.875. The van der Waals surface area contributed by atoms with E-state index in [0.717, 1.165) is 6.07 Å². The van der Waals surface area contributed by atoms with Gasteiger partial charge in [0.25, 0.3) is 0 Å². The van der Waals surface area contributed by atoms with Crippen molar-refractivity contribution in [2.24, 2.45) is 4.99 Å². The van der Waals surface area contributed by atoms with Crippen LogP contribution in [0, 0.1) is 11.6 Å². The third-order valence-electron chi connectivity index (χ3n) is 3.91. The van der Waals surface area contributed by atoms with Crippen LogP contribution in [0.3, 0.4) is 0 Å². The Morgan fingerprint density at radius 3 is 2.41 bits per heavy atom. The van der Waals surface area contributed by atoms with E-state index >= 15 is 0 Å². The molecule has 160 valence electrons. The number of hydrogen-bond donors (Lipinski definition) is 1. The Balaban J connectivity index is 0.00000420. The lowest BCUT2D eigenvalue weighted by atomic mass is 10.3. The molecule has 6 nitrogen and oxygen atoms in total. The maximum absolute atomic E-state index is 13.7. The number of hydrogen-bond acceptors (Lipinski definition) is 4. The summed E-state index contributed by atoms with van der Waals surface area (Å²) in [5.74, 6) is -0.339. The zero-order valence-electron chi connectivity index (χ0n) is 16.1. The summed E-state index contributed by atoms with van der Waals surface area (Å²) in [7, 11) is -0.396. The van der Waals surface area contributed by atoms with Crippen LogP contribution < -0.4 is 10.1 Å². The monoisotopic (exact) mass is 539 g/mol. The van der Waals surface area contributed by atoms with Crippen LogP contribution in [0.2, 0.25) is 0 Å². The molecule has 0 spiro atoms. The van der Waals surface area contributed by atoms with Gasteiger partial charge < -0.3 is 15.0 Å². The molecule has 10 heteroatoms. The van der Waals surface area contributed by atoms with Gasteiger partial charge in [0.2, 0.25) is 0 Å². The molecule has 29 heavy (non-hydrogen) atoms. The molecule has 2 aromatic rings. The van der Waals surface area contributed by atoms with E-state index in [9.17, 15) is 17.2 Å². The third-order valence-corrected chi connectivity index (χ3v) is 5.65. The highest BCUT2D eigenvalue weighted by atomic mass is 127. The summed E-state index contributed by atoms with van der Waals surface area (Å²) >= 11 is 0. The Morgan fingerprint density at radius 2 is 1.79 bits per heavy atom. The van der Waals surface area contributed by atoms with Crippen molar-refractivity contribution in [1.29, 1.82) is 0 Å². The second kappa shape index (κ2) is 11.9. The summed E-state index contributed by atoms with van der Waals surface area (Å²) in [5.41, 5.74) is 0. The minimum Gasteiger partial charge on any atom is -0.492 e. The van der Waals surface area contributed by atoms with Gasteiger partial charge in [0.15, 0.2) is 15.8 Å². The predicted molar refractivity (Wildman–Crippen MR) is 120 cm³/mol. The lowest BCUT2D eigenvalue weighted by Crippen LogP contribution is -2.42. The fraction of sp³-hybridized carbons (Fsp3) is 0.316. The fourth-order valence-corrected chi connectivity index (χ4v) is 3.67. The number of nitrogens with one attached hydrogen (secondary N) is 1. The Bertz CT molecular complexity index is 909. The molecule has 0 heterocycles. The molecule has 0 fully saturated rings. The van der Waals surface area contributed by atoms with Gasteiger partial charge in [-0.05, 0) is 36.4 Å². The fourth-order valence-electron chi connectivity index (χ4n) is 2.43. The molecule has 0 atom stereocenters. The van der Waals surface area contributed by atoms with Crippen LogP contribution in [0.5, 0.6) is 5.75 Å². The second-order valence-corrected chi connectivity index (χ2v) is 8.02. The maximum Gasteiger partial charge on any atom is 0.193 e. The molecule has 0 saturated heterocycles. The smallest absolute Gasteiger partial charge is 0.193 e. The molecule has 1 N–H and O–H groups in total. The highest BCUT2D eigenvalue weighted by Gasteiger charge is 2.18. The molecule has 2 rings (SSSR count). The van der Waals surface area contributed by atoms with E-state index in [1.54, 1.807) is 19.0 Å². The maximum atomic E-state index is 13.7. The largest absolute Gasteiger partial charge is 0.492 e. The van der Waals surface area contributed by atoms with E-state index in [1.165, 1.54) is 42.5 Å². The second-order valence-electron chi connectivity index (χ2n) is 5.95. The number of sulfone groups is 1. The predicted octanol–water partition coefficient (Wildman–Crippen LogP) is 2.94. The van der Waals surface area contributed by atoms with Gasteiger partial charge in [-0.2, -0.15) is 0 Å². The van der Waals surface area contributed by atoms with Gasteiger partial charge in [-0.3, -0.25) is 4.99 Å². The van der Waals surface area contributed by atoms with Gasteiger partial charge in [0.05, 0.1) is 12.3 Å². The van der Waals surface area contributed by atoms with E-state index in [-0.39, 0.29) is 47.0 Å². The molecule has 0 unspecified atom stereocenters. The van der Waals surface area contributed by atoms with Crippen LogP contribution in [-0.4, -0.2) is 58.8 Å². The minimum atomic E-state index is -3.74. The number of rotatable bonds is 8. The van der Waals surface area contributed by atoms with Crippen LogP contribution >= 0.6 is 24.0 Å². The highest BCUT2D eigenvalue weighted by Crippen LogP contribution is 2.15. The number of guanidine groups is 1. The topological polar surface area (TPSA) is 71.0 Å². The van der Waals surface area contributed by atoms with Crippen molar-refractivity contribution in [3.8, 4) is 5.75 Å². The van der Waals surface area contributed by atoms with Crippen molar-refractivity contribution in [2.75, 3.05) is 39.5 Å². The van der Waals surface area contributed by atoms with Gasteiger partial charge in [0.1, 0.15) is 28.9 Å². The van der Waals surface area contributed by atoms with E-state index in [4.69, 9.17) is 4.74 Å². The molecule has 0 saturated carbocycles. The molecule has 0 aromatic heterocycles. The number of halogens is 3. The summed E-state index contributed by atoms with van der Waals surface area (Å²) in [6, 6.07) is 11.0. The van der Waals surface area contributed by atoms with Gasteiger partial charge in [-0.1, -0.05) is 12.1 Å². The van der Waals surface area contributed by atoms with E-state index in [0.29, 0.717) is 24.9 Å². The normalized spacial score (nSPS) is 11.5. The first-order chi connectivity index (χ1) is 13.3. The van der Waals surface area contributed by atoms with Gasteiger partial charge in [-0.15, -0.1) is 24.0 Å². The van der Waals surface area contributed by atoms with Crippen LogP contribution in [0.4, 0.5) is 8.78 Å². The number of ether oxygens (including phenoxy) is 1. The summed E-state index contributed by atoms with van der Waals surface area (Å²) in [4.78, 5) is 5.54. The number of aliphatic imine (C=N–C) groups is 1. The van der Waals surface area contributed by atoms with Crippen LogP contribution in [0.25, 0.3) is 0 Å². The van der Waals surface area contributed by atoms with Gasteiger partial charge in [0, 0.05) is 20.6 Å². The Hall–Kier alpha value is -1.95. The molecular weight excluding hydrogens is 515 g/mol. The zero-order chi connectivity index (χ0) is 20.6. The molecule has 0 aliphatic heterocycles. The van der Waals surface area contributed by atoms with E-state index in [2.05, 4.69) is 10.3 Å². The standard InChI is InChI=1S/C19H23F2N3O3S.HI/c1-22-19(24(2)12-13-27-16-9-7-15(20)8-10-16)23-11-14-28(25,26)18-6-4-3-5-17(18)21;/h3-10H,11-14H2,1-2H3,(H,22,23);1H. The molecular formula is C19H24F2IN3O3S. The summed E-state index contributed by atoms with van der Waals surface area (Å²) in [5, 5.41) is 2.94. The van der Waals surface area contributed by atoms with E-state index < -0.39 is 15.7 Å². The van der Waals surface area contributed by atoms with Crippen molar-refractivity contribution >= 4 is 39.8 Å². The third kappa shape index (κ3) is 7.77. The van der Waals surface area contributed by atoms with Crippen molar-refractivity contribution in [2.45, 2.75) is 4.90 Å². The molecule has 0 radical (unpaired) electrons. The highest BCUT2D eigenvalue weighted by molar-refractivity contribution is 14.0. The van der Waals surface area contributed by atoms with Crippen molar-refractivity contribution in [3.63, 3.8) is 0 Å². The Kier molecular flexibility index (Phi) is 10.3. The zero-order valence-corrected chi connectivity index (χ0v) is 19.3. The molecule has 0 amide bonds. The number of nitrogens with zero attached hydrogens (tertiary/aromatic N) is 2. The van der Waals surface area contributed by atoms with Crippen molar-refractivity contribution in [3.05, 3.63) is 60.2 Å². The van der Waals surface area contributed by atoms with Crippen LogP contribution in [0.15, 0.2) is 58.4 Å². The van der Waals surface area contributed by atoms with Crippen molar-refractivity contribution in [1.82, 2.24) is 10.2 Å². The lowest BCUT2D eigenvalue weighted by molar-refractivity contribution is 0.281. The number of likely N-dealkylation sites (N-methyl/N-ethyl adjacent to an activating group) is 1. The van der Waals surface area contributed by atoms with Crippen LogP contribution in [-0.2, 0) is 9.84 Å². The first-order valence-corrected chi connectivity index (χ1v) is 10.3. The number of benzene rings is 2. The Morgan fingerprint density at radius 1 is 1.14 bits per heavy atom. The summed E-state index contributed by atoms with van der Waals surface area (Å²) in [6.07, 6.45) is 0. The first-order valence-electron chi connectivity index (χ1n) is 8.61. The average molecular weight is 539 g/mol. The van der Waals surface area contributed by atoms with Crippen LogP contribution in [0.1, 0.15) is 0 Å². The Labute approximate surface area is 186 Å². The van der Waals surface area contributed by atoms with Gasteiger partial charge in [-0.25, -0.2) is 17.2 Å². The average Bonchev–Trinajstić information content (AvgIpc) is 2.67.